The van der Waals surface area contributed by atoms with Crippen LogP contribution < -0.4 is 9.47 Å². The van der Waals surface area contributed by atoms with Crippen molar-refractivity contribution in [3.05, 3.63) is 34.9 Å². The van der Waals surface area contributed by atoms with Gasteiger partial charge in [-0.2, -0.15) is 0 Å². The van der Waals surface area contributed by atoms with Crippen molar-refractivity contribution in [2.45, 2.75) is 104 Å². The fraction of sp³-hybridized carbons (Fsp3) is 0.667. The van der Waals surface area contributed by atoms with E-state index < -0.39 is 27.2 Å². The molecule has 0 spiro atoms. The van der Waals surface area contributed by atoms with Crippen LogP contribution in [0.3, 0.4) is 0 Å². The van der Waals surface area contributed by atoms with E-state index in [0.29, 0.717) is 23.5 Å². The zero-order valence-corrected chi connectivity index (χ0v) is 23.7. The van der Waals surface area contributed by atoms with Crippen LogP contribution in [0.25, 0.3) is 0 Å². The topological polar surface area (TPSA) is 152 Å². The summed E-state index contributed by atoms with van der Waals surface area (Å²) < 4.78 is 45.1. The van der Waals surface area contributed by atoms with Gasteiger partial charge in [-0.3, -0.25) is 0 Å². The summed E-state index contributed by atoms with van der Waals surface area (Å²) in [5, 5.41) is 0. The van der Waals surface area contributed by atoms with Crippen LogP contribution in [0.1, 0.15) is 97.1 Å². The number of phosphoric ester groups is 2. The van der Waals surface area contributed by atoms with Gasteiger partial charge in [0.2, 0.25) is 11.6 Å². The molecule has 0 bridgehead atoms. The van der Waals surface area contributed by atoms with Gasteiger partial charge in [-0.1, -0.05) is 31.4 Å². The first-order chi connectivity index (χ1) is 16.4. The Morgan fingerprint density at radius 3 is 1.83 bits per heavy atom. The molecule has 206 valence electrons. The molecule has 0 amide bonds. The third kappa shape index (κ3) is 10.6. The highest BCUT2D eigenvalue weighted by Gasteiger charge is 2.36. The number of allylic oxidation sites excluding steroid dienone is 2. The monoisotopic (exact) mass is 550 g/mol. The van der Waals surface area contributed by atoms with E-state index >= 15 is 0 Å². The van der Waals surface area contributed by atoms with Crippen molar-refractivity contribution >= 4 is 15.6 Å². The first kappa shape index (κ1) is 31.0. The summed E-state index contributed by atoms with van der Waals surface area (Å²) in [5.41, 5.74) is 2.61. The summed E-state index contributed by atoms with van der Waals surface area (Å²) >= 11 is 0. The summed E-state index contributed by atoms with van der Waals surface area (Å²) in [6.07, 6.45) is 8.29. The van der Waals surface area contributed by atoms with Crippen molar-refractivity contribution in [3.63, 3.8) is 0 Å². The van der Waals surface area contributed by atoms with E-state index in [1.165, 1.54) is 33.3 Å². The minimum Gasteiger partial charge on any atom is -0.462 e. The molecule has 1 unspecified atom stereocenters. The first-order valence-corrected chi connectivity index (χ1v) is 15.2. The maximum atomic E-state index is 11.6. The Kier molecular flexibility index (Phi) is 10.4. The molecule has 1 atom stereocenters. The summed E-state index contributed by atoms with van der Waals surface area (Å²) in [5.74, 6) is -2.89. The quantitative estimate of drug-likeness (QED) is 0.0984. The van der Waals surface area contributed by atoms with Crippen LogP contribution in [0.5, 0.6) is 11.5 Å². The molecule has 10 nitrogen and oxygen atoms in total. The van der Waals surface area contributed by atoms with Gasteiger partial charge in [-0.15, -0.1) is 0 Å². The Labute approximate surface area is 213 Å². The van der Waals surface area contributed by atoms with E-state index in [9.17, 15) is 28.7 Å². The highest BCUT2D eigenvalue weighted by Crippen LogP contribution is 2.48. The van der Waals surface area contributed by atoms with E-state index in [1.807, 2.05) is 19.1 Å². The molecule has 4 N–H and O–H groups in total. The molecule has 0 fully saturated rings. The molecule has 1 aromatic carbocycles. The Morgan fingerprint density at radius 2 is 1.42 bits per heavy atom. The van der Waals surface area contributed by atoms with Gasteiger partial charge in [0.25, 0.3) is 0 Å². The zero-order chi connectivity index (χ0) is 27.4. The van der Waals surface area contributed by atoms with E-state index in [4.69, 9.17) is 18.5 Å². The van der Waals surface area contributed by atoms with Crippen molar-refractivity contribution in [1.29, 1.82) is 0 Å². The molecule has 1 aliphatic rings. The van der Waals surface area contributed by atoms with Crippen molar-refractivity contribution in [1.82, 2.24) is 0 Å². The van der Waals surface area contributed by atoms with Crippen molar-refractivity contribution in [2.75, 3.05) is 0 Å². The second-order valence-electron chi connectivity index (χ2n) is 10.1. The van der Waals surface area contributed by atoms with Crippen molar-refractivity contribution in [3.8, 4) is 11.5 Å². The number of phosphoric acid groups is 2. The molecule has 12 heteroatoms. The fourth-order valence-electron chi connectivity index (χ4n) is 4.39. The summed E-state index contributed by atoms with van der Waals surface area (Å²) in [6.45, 7) is 9.74. The largest absolute Gasteiger partial charge is 0.472 e. The van der Waals surface area contributed by atoms with Crippen LogP contribution in [-0.4, -0.2) is 31.1 Å². The molecule has 0 saturated carbocycles. The van der Waals surface area contributed by atoms with Crippen molar-refractivity contribution in [2.24, 2.45) is 0 Å². The molecule has 2 rings (SSSR count). The second-order valence-corrected chi connectivity index (χ2v) is 12.5. The number of unbranched alkanes of at least 4 members (excludes halogenated alkanes) is 2. The number of ether oxygens (including phenoxy) is 2. The lowest BCUT2D eigenvalue weighted by Crippen LogP contribution is -2.33. The van der Waals surface area contributed by atoms with Crippen LogP contribution in [0.2, 0.25) is 0 Å². The fourth-order valence-corrected chi connectivity index (χ4v) is 5.61. The molecule has 0 aromatic heterocycles. The Hall–Kier alpha value is -1.22. The highest BCUT2D eigenvalue weighted by atomic mass is 31.2. The van der Waals surface area contributed by atoms with Gasteiger partial charge in [0, 0.05) is 39.2 Å². The normalized spacial score (nSPS) is 17.6. The first-order valence-electron chi connectivity index (χ1n) is 12.1. The van der Waals surface area contributed by atoms with E-state index in [2.05, 4.69) is 13.0 Å². The van der Waals surface area contributed by atoms with Gasteiger partial charge in [-0.05, 0) is 56.7 Å². The molecule has 0 heterocycles. The van der Waals surface area contributed by atoms with Gasteiger partial charge in [-0.25, -0.2) is 18.2 Å². The van der Waals surface area contributed by atoms with Gasteiger partial charge < -0.3 is 29.0 Å². The molecule has 0 radical (unpaired) electrons. The summed E-state index contributed by atoms with van der Waals surface area (Å²) in [7, 11) is -9.72. The van der Waals surface area contributed by atoms with Crippen LogP contribution in [-0.2, 0) is 24.6 Å². The smallest absolute Gasteiger partial charge is 0.462 e. The average Bonchev–Trinajstić information content (AvgIpc) is 2.63. The number of hydrogen-bond donors (Lipinski definition) is 4. The highest BCUT2D eigenvalue weighted by molar-refractivity contribution is 7.46. The van der Waals surface area contributed by atoms with Gasteiger partial charge in [0.05, 0.1) is 0 Å². The van der Waals surface area contributed by atoms with Gasteiger partial charge in [0.1, 0.15) is 11.5 Å². The van der Waals surface area contributed by atoms with Crippen LogP contribution in [0.15, 0.2) is 23.8 Å². The number of hydrogen-bond acceptors (Lipinski definition) is 6. The third-order valence-corrected chi connectivity index (χ3v) is 6.92. The van der Waals surface area contributed by atoms with Crippen molar-refractivity contribution < 1.29 is 47.2 Å². The average molecular weight is 551 g/mol. The maximum absolute atomic E-state index is 11.6. The lowest BCUT2D eigenvalue weighted by molar-refractivity contribution is -0.100. The Morgan fingerprint density at radius 1 is 0.917 bits per heavy atom. The molecular weight excluding hydrogens is 510 g/mol. The minimum atomic E-state index is -4.86. The molecule has 1 aromatic rings. The predicted molar refractivity (Wildman–Crippen MR) is 136 cm³/mol. The van der Waals surface area contributed by atoms with Crippen LogP contribution in [0.4, 0.5) is 0 Å². The maximum Gasteiger partial charge on any atom is 0.472 e. The van der Waals surface area contributed by atoms with E-state index in [-0.39, 0.29) is 5.92 Å². The number of benzene rings is 1. The zero-order valence-electron chi connectivity index (χ0n) is 21.9. The Balaban J connectivity index is 2.67. The molecule has 1 aliphatic carbocycles. The molecule has 36 heavy (non-hydrogen) atoms. The minimum absolute atomic E-state index is 0.162. The number of rotatable bonds is 13. The molecule has 0 saturated heterocycles. The second kappa shape index (κ2) is 12.1. The van der Waals surface area contributed by atoms with Crippen LogP contribution >= 0.6 is 15.6 Å². The molecular formula is C24H40O10P2. The summed E-state index contributed by atoms with van der Waals surface area (Å²) in [6, 6.07) is 3.63. The van der Waals surface area contributed by atoms with Gasteiger partial charge >= 0.3 is 15.6 Å². The Bertz CT molecular complexity index is 963. The summed E-state index contributed by atoms with van der Waals surface area (Å²) in [4.78, 5) is 37.5. The SMILES string of the molecule is CCCCCc1cc(OC(C)(C)OP(=O)(O)O)c(C2C=C(C)CCC2)c(OC(C)(C)OP(=O)(O)O)c1. The standard InChI is InChI=1S/C24H40O10P2/c1-7-8-9-12-18-15-20(31-23(3,4)33-35(25,26)27)22(19-13-10-11-17(2)14-19)21(16-18)32-24(5,6)34-36(28,29)30/h14-16,19H,7-13H2,1-6H3,(H2,25,26,27)(H2,28,29,30). The van der Waals surface area contributed by atoms with Gasteiger partial charge in [0.15, 0.2) is 0 Å². The predicted octanol–water partition coefficient (Wildman–Crippen LogP) is 6.08. The lowest BCUT2D eigenvalue weighted by Gasteiger charge is -2.33. The van der Waals surface area contributed by atoms with E-state index in [1.54, 1.807) is 0 Å². The number of aryl methyl sites for hydroxylation is 1. The van der Waals surface area contributed by atoms with Crippen LogP contribution in [0, 0.1) is 0 Å². The van der Waals surface area contributed by atoms with E-state index in [0.717, 1.165) is 44.1 Å². The molecule has 0 aliphatic heterocycles. The lowest BCUT2D eigenvalue weighted by atomic mass is 9.84. The third-order valence-electron chi connectivity index (χ3n) is 5.56.